The molecule has 2 rings (SSSR count). The molecule has 1 aromatic rings. The Morgan fingerprint density at radius 3 is 2.38 bits per heavy atom. The topological polar surface area (TPSA) is 47.6 Å². The Balaban J connectivity index is 1.76. The quantitative estimate of drug-likeness (QED) is 0.753. The van der Waals surface area contributed by atoms with E-state index in [4.69, 9.17) is 10.5 Å². The number of hydrogen-bond donors (Lipinski definition) is 0. The van der Waals surface area contributed by atoms with E-state index in [0.29, 0.717) is 11.5 Å². The molecule has 0 unspecified atom stereocenters. The summed E-state index contributed by atoms with van der Waals surface area (Å²) >= 11 is 0. The molecule has 1 aliphatic carbocycles. The lowest BCUT2D eigenvalue weighted by molar-refractivity contribution is 0.294. The van der Waals surface area contributed by atoms with Crippen LogP contribution in [0.5, 0.6) is 0 Å². The molecule has 0 N–H and O–H groups in total. The Labute approximate surface area is 125 Å². The molecule has 0 saturated heterocycles. The van der Waals surface area contributed by atoms with Gasteiger partial charge in [-0.2, -0.15) is 14.9 Å². The first-order valence-corrected chi connectivity index (χ1v) is 7.47. The highest BCUT2D eigenvalue weighted by molar-refractivity contribution is 5.31. The van der Waals surface area contributed by atoms with Gasteiger partial charge in [0.2, 0.25) is 0 Å². The van der Waals surface area contributed by atoms with Crippen molar-refractivity contribution in [3.63, 3.8) is 0 Å². The van der Waals surface area contributed by atoms with Crippen LogP contribution in [0.3, 0.4) is 0 Å². The van der Waals surface area contributed by atoms with Crippen LogP contribution in [0.15, 0.2) is 36.2 Å². The molecule has 108 valence electrons. The third kappa shape index (κ3) is 4.72. The molecule has 0 amide bonds. The molecule has 1 aliphatic rings. The number of rotatable bonds is 4. The van der Waals surface area contributed by atoms with Crippen LogP contribution < -0.4 is 0 Å². The minimum absolute atomic E-state index is 0.232. The van der Waals surface area contributed by atoms with Gasteiger partial charge in [-0.15, -0.1) is 0 Å². The Kier molecular flexibility index (Phi) is 5.52. The number of allylic oxidation sites excluding steroid dienone is 2. The molecule has 21 heavy (non-hydrogen) atoms. The molecule has 1 fully saturated rings. The lowest BCUT2D eigenvalue weighted by Gasteiger charge is -2.26. The van der Waals surface area contributed by atoms with Gasteiger partial charge in [0, 0.05) is 0 Å². The van der Waals surface area contributed by atoms with Crippen LogP contribution in [0.1, 0.15) is 43.2 Å². The third-order valence-corrected chi connectivity index (χ3v) is 4.30. The van der Waals surface area contributed by atoms with Crippen LogP contribution in [0.25, 0.3) is 0 Å². The van der Waals surface area contributed by atoms with E-state index in [1.165, 1.54) is 11.6 Å². The molecule has 0 atom stereocenters. The van der Waals surface area contributed by atoms with E-state index in [1.54, 1.807) is 6.07 Å². The van der Waals surface area contributed by atoms with E-state index in [1.807, 2.05) is 24.3 Å². The fourth-order valence-corrected chi connectivity index (χ4v) is 3.00. The van der Waals surface area contributed by atoms with E-state index in [9.17, 15) is 4.39 Å². The number of halogens is 1. The zero-order valence-corrected chi connectivity index (χ0v) is 12.1. The molecule has 0 radical (unpaired) electrons. The minimum Gasteiger partial charge on any atom is -0.195 e. The fraction of sp³-hybridized carbons (Fsp3) is 0.444. The maximum absolute atomic E-state index is 12.9. The van der Waals surface area contributed by atoms with Gasteiger partial charge >= 0.3 is 0 Å². The maximum atomic E-state index is 12.9. The second-order valence-electron chi connectivity index (χ2n) is 5.75. The van der Waals surface area contributed by atoms with Crippen molar-refractivity contribution < 1.29 is 4.39 Å². The second kappa shape index (κ2) is 7.60. The van der Waals surface area contributed by atoms with Gasteiger partial charge in [0.15, 0.2) is 5.83 Å². The number of nitrogens with zero attached hydrogens (tertiary/aromatic N) is 2. The van der Waals surface area contributed by atoms with Crippen molar-refractivity contribution >= 4 is 0 Å². The highest BCUT2D eigenvalue weighted by atomic mass is 19.1. The van der Waals surface area contributed by atoms with E-state index in [2.05, 4.69) is 6.07 Å². The summed E-state index contributed by atoms with van der Waals surface area (Å²) in [6.07, 6.45) is 7.83. The summed E-state index contributed by atoms with van der Waals surface area (Å²) < 4.78 is 12.9. The Morgan fingerprint density at radius 2 is 1.81 bits per heavy atom. The Morgan fingerprint density at radius 1 is 1.14 bits per heavy atom. The van der Waals surface area contributed by atoms with Crippen LogP contribution >= 0.6 is 0 Å². The first-order valence-electron chi connectivity index (χ1n) is 7.47. The molecule has 0 spiro atoms. The van der Waals surface area contributed by atoms with Crippen molar-refractivity contribution in [1.82, 2.24) is 0 Å². The van der Waals surface area contributed by atoms with E-state index in [-0.39, 0.29) is 5.92 Å². The highest BCUT2D eigenvalue weighted by Crippen LogP contribution is 2.32. The van der Waals surface area contributed by atoms with Gasteiger partial charge in [0.05, 0.1) is 11.6 Å². The number of nitriles is 2. The van der Waals surface area contributed by atoms with Gasteiger partial charge in [-0.1, -0.05) is 12.1 Å². The third-order valence-electron chi connectivity index (χ3n) is 4.30. The maximum Gasteiger partial charge on any atom is 0.196 e. The van der Waals surface area contributed by atoms with Crippen LogP contribution in [0.2, 0.25) is 0 Å². The van der Waals surface area contributed by atoms with Gasteiger partial charge in [0.25, 0.3) is 0 Å². The van der Waals surface area contributed by atoms with Gasteiger partial charge < -0.3 is 0 Å². The summed E-state index contributed by atoms with van der Waals surface area (Å²) in [6, 6.07) is 11.4. The predicted molar refractivity (Wildman–Crippen MR) is 79.7 cm³/mol. The largest absolute Gasteiger partial charge is 0.196 e. The van der Waals surface area contributed by atoms with Gasteiger partial charge in [0.1, 0.15) is 6.07 Å². The lowest BCUT2D eigenvalue weighted by atomic mass is 9.79. The summed E-state index contributed by atoms with van der Waals surface area (Å²) in [7, 11) is 0. The lowest BCUT2D eigenvalue weighted by Crippen LogP contribution is -2.14. The summed E-state index contributed by atoms with van der Waals surface area (Å²) in [5, 5.41) is 17.2. The Hall–Kier alpha value is -2.13. The number of benzene rings is 1. The van der Waals surface area contributed by atoms with Crippen molar-refractivity contribution in [2.45, 2.75) is 38.5 Å². The summed E-state index contributed by atoms with van der Waals surface area (Å²) in [5.74, 6) is 0.280. The monoisotopic (exact) mass is 282 g/mol. The molecular formula is C18H19FN2. The van der Waals surface area contributed by atoms with Gasteiger partial charge in [-0.25, -0.2) is 0 Å². The Bertz CT molecular complexity index is 567. The molecule has 0 aliphatic heterocycles. The van der Waals surface area contributed by atoms with Crippen molar-refractivity contribution in [3.8, 4) is 12.1 Å². The molecule has 1 saturated carbocycles. The zero-order valence-electron chi connectivity index (χ0n) is 12.1. The predicted octanol–water partition coefficient (Wildman–Crippen LogP) is 4.67. The molecule has 0 aromatic heterocycles. The fourth-order valence-electron chi connectivity index (χ4n) is 3.00. The van der Waals surface area contributed by atoms with Crippen molar-refractivity contribution in [2.24, 2.45) is 11.8 Å². The molecule has 0 heterocycles. The number of hydrogen-bond acceptors (Lipinski definition) is 2. The standard InChI is InChI=1S/C18H19FN2/c19-18(13-21)11-16-7-3-14(4-8-16)1-2-15-5-9-17(12-20)10-6-15/h5-6,9-11,14,16H,1-4,7-8H2/b18-11-/t14-,16-. The van der Waals surface area contributed by atoms with Crippen LogP contribution in [0, 0.1) is 34.5 Å². The SMILES string of the molecule is N#C/C(F)=C/[C@H]1CC[C@H](CCc2ccc(C#N)cc2)CC1. The first-order chi connectivity index (χ1) is 10.2. The summed E-state index contributed by atoms with van der Waals surface area (Å²) in [4.78, 5) is 0. The van der Waals surface area contributed by atoms with Crippen LogP contribution in [-0.4, -0.2) is 0 Å². The van der Waals surface area contributed by atoms with E-state index < -0.39 is 5.83 Å². The number of aryl methyl sites for hydroxylation is 1. The van der Waals surface area contributed by atoms with E-state index in [0.717, 1.165) is 38.5 Å². The van der Waals surface area contributed by atoms with Crippen LogP contribution in [0.4, 0.5) is 4.39 Å². The summed E-state index contributed by atoms with van der Waals surface area (Å²) in [6.45, 7) is 0. The average Bonchev–Trinajstić information content (AvgIpc) is 2.54. The van der Waals surface area contributed by atoms with Crippen molar-refractivity contribution in [3.05, 3.63) is 47.3 Å². The average molecular weight is 282 g/mol. The highest BCUT2D eigenvalue weighted by Gasteiger charge is 2.20. The molecule has 2 nitrogen and oxygen atoms in total. The first kappa shape index (κ1) is 15.3. The van der Waals surface area contributed by atoms with Gasteiger partial charge in [-0.3, -0.25) is 0 Å². The van der Waals surface area contributed by atoms with E-state index >= 15 is 0 Å². The second-order valence-corrected chi connectivity index (χ2v) is 5.75. The molecule has 3 heteroatoms. The molecule has 0 bridgehead atoms. The summed E-state index contributed by atoms with van der Waals surface area (Å²) in [5.41, 5.74) is 1.97. The molecular weight excluding hydrogens is 263 g/mol. The smallest absolute Gasteiger partial charge is 0.195 e. The van der Waals surface area contributed by atoms with Gasteiger partial charge in [-0.05, 0) is 74.1 Å². The van der Waals surface area contributed by atoms with Crippen molar-refractivity contribution in [1.29, 1.82) is 10.5 Å². The van der Waals surface area contributed by atoms with Crippen molar-refractivity contribution in [2.75, 3.05) is 0 Å². The molecule has 1 aromatic carbocycles. The normalized spacial score (nSPS) is 22.3. The minimum atomic E-state index is -0.643. The zero-order chi connectivity index (χ0) is 15.1. The van der Waals surface area contributed by atoms with Crippen LogP contribution in [-0.2, 0) is 6.42 Å².